The highest BCUT2D eigenvalue weighted by atomic mass is 35.5. The number of halogens is 1. The molecular weight excluding hydrogens is 620 g/mol. The summed E-state index contributed by atoms with van der Waals surface area (Å²) in [7, 11) is 0. The molecule has 0 radical (unpaired) electrons. The second-order valence-electron chi connectivity index (χ2n) is 13.8. The standard InChI is InChI=1S/C36H25ClN4O6/c37-16-9-12-25(26(13-16)41(46)47)39-32(42)30-27-19-5-1-3-7-23(19)36(31(30)35(39)45,24-8-4-2-6-20(24)27)15-38-40-33(43)28-17-10-11-18(22-14-21(17)22)29(28)34(40)44/h1-13,15,17-18,21-22,27-31H,14H2/b38-15-/t17-,18-,21-,22+,27?,28-,29+,30-,31+,36?/m0/s1. The molecular formula is C36H25ClN4O6. The van der Waals surface area contributed by atoms with Gasteiger partial charge in [-0.25, -0.2) is 4.90 Å². The summed E-state index contributed by atoms with van der Waals surface area (Å²) in [6.45, 7) is 0. The first-order valence-electron chi connectivity index (χ1n) is 15.9. The summed E-state index contributed by atoms with van der Waals surface area (Å²) in [5, 5.41) is 17.9. The lowest BCUT2D eigenvalue weighted by Gasteiger charge is -2.52. The summed E-state index contributed by atoms with van der Waals surface area (Å²) in [6.07, 6.45) is 6.78. The van der Waals surface area contributed by atoms with Crippen LogP contribution in [0.2, 0.25) is 5.02 Å². The Bertz CT molecular complexity index is 2030. The van der Waals surface area contributed by atoms with E-state index in [1.807, 2.05) is 48.5 Å². The van der Waals surface area contributed by atoms with Gasteiger partial charge in [0.1, 0.15) is 5.69 Å². The van der Waals surface area contributed by atoms with Crippen molar-refractivity contribution in [1.29, 1.82) is 0 Å². The molecule has 8 atom stereocenters. The Morgan fingerprint density at radius 1 is 0.809 bits per heavy atom. The van der Waals surface area contributed by atoms with E-state index >= 15 is 0 Å². The highest BCUT2D eigenvalue weighted by molar-refractivity contribution is 6.31. The summed E-state index contributed by atoms with van der Waals surface area (Å²) >= 11 is 6.09. The van der Waals surface area contributed by atoms with E-state index in [1.54, 1.807) is 0 Å². The molecule has 4 amide bonds. The number of nitro benzene ring substituents is 1. The van der Waals surface area contributed by atoms with Crippen molar-refractivity contribution in [1.82, 2.24) is 5.01 Å². The molecule has 7 aliphatic carbocycles. The molecule has 2 saturated heterocycles. The Balaban J connectivity index is 1.16. The molecule has 3 aromatic rings. The third kappa shape index (κ3) is 3.14. The number of nitro groups is 1. The Hall–Kier alpha value is -4.96. The molecule has 4 fully saturated rings. The first-order valence-corrected chi connectivity index (χ1v) is 16.2. The number of anilines is 1. The lowest BCUT2D eigenvalue weighted by Crippen LogP contribution is -2.55. The number of hydrogen-bond donors (Lipinski definition) is 0. The van der Waals surface area contributed by atoms with Crippen molar-refractivity contribution >= 4 is 52.8 Å². The highest BCUT2D eigenvalue weighted by Gasteiger charge is 2.70. The molecule has 10 nitrogen and oxygen atoms in total. The minimum atomic E-state index is -1.34. The van der Waals surface area contributed by atoms with E-state index < -0.39 is 57.4 Å². The van der Waals surface area contributed by atoms with Gasteiger partial charge in [-0.1, -0.05) is 72.3 Å². The summed E-state index contributed by atoms with van der Waals surface area (Å²) < 4.78 is 0. The number of imide groups is 2. The van der Waals surface area contributed by atoms with Gasteiger partial charge in [0.25, 0.3) is 17.5 Å². The summed E-state index contributed by atoms with van der Waals surface area (Å²) in [5.41, 5.74) is 1.22. The van der Waals surface area contributed by atoms with Gasteiger partial charge in [0, 0.05) is 23.2 Å². The number of carbonyl (C=O) groups is 4. The van der Waals surface area contributed by atoms with Crippen molar-refractivity contribution in [3.05, 3.63) is 116 Å². The number of benzene rings is 3. The molecule has 0 spiro atoms. The number of amides is 4. The molecule has 12 rings (SSSR count). The molecule has 11 heteroatoms. The van der Waals surface area contributed by atoms with Crippen LogP contribution in [-0.2, 0) is 24.6 Å². The Kier molecular flexibility index (Phi) is 5.14. The third-order valence-electron chi connectivity index (χ3n) is 12.1. The van der Waals surface area contributed by atoms with E-state index in [2.05, 4.69) is 17.3 Å². The van der Waals surface area contributed by atoms with Crippen molar-refractivity contribution in [3.8, 4) is 0 Å². The molecule has 0 aromatic heterocycles. The van der Waals surface area contributed by atoms with Gasteiger partial charge in [-0.15, -0.1) is 0 Å². The second kappa shape index (κ2) is 8.89. The summed E-state index contributed by atoms with van der Waals surface area (Å²) in [6, 6.07) is 19.0. The summed E-state index contributed by atoms with van der Waals surface area (Å²) in [5.74, 6) is -4.23. The molecule has 3 aromatic carbocycles. The number of nitrogens with zero attached hydrogens (tertiary/aromatic N) is 4. The topological polar surface area (TPSA) is 130 Å². The van der Waals surface area contributed by atoms with Crippen molar-refractivity contribution in [2.45, 2.75) is 17.8 Å². The molecule has 4 bridgehead atoms. The van der Waals surface area contributed by atoms with Gasteiger partial charge in [-0.05, 0) is 64.5 Å². The van der Waals surface area contributed by atoms with Crippen LogP contribution < -0.4 is 4.90 Å². The number of rotatable bonds is 4. The van der Waals surface area contributed by atoms with Crippen molar-refractivity contribution in [2.75, 3.05) is 4.90 Å². The minimum absolute atomic E-state index is 0.0264. The largest absolute Gasteiger partial charge is 0.294 e. The van der Waals surface area contributed by atoms with Gasteiger partial charge in [-0.3, -0.25) is 29.3 Å². The Labute approximate surface area is 272 Å². The van der Waals surface area contributed by atoms with E-state index in [0.29, 0.717) is 11.8 Å². The Morgan fingerprint density at radius 2 is 1.40 bits per heavy atom. The quantitative estimate of drug-likeness (QED) is 0.131. The van der Waals surface area contributed by atoms with E-state index in [4.69, 9.17) is 11.6 Å². The van der Waals surface area contributed by atoms with Gasteiger partial charge < -0.3 is 0 Å². The van der Waals surface area contributed by atoms with Crippen molar-refractivity contribution in [3.63, 3.8) is 0 Å². The summed E-state index contributed by atoms with van der Waals surface area (Å²) in [4.78, 5) is 69.5. The number of carbonyl (C=O) groups excluding carboxylic acids is 4. The van der Waals surface area contributed by atoms with Crippen molar-refractivity contribution in [2.24, 2.45) is 52.4 Å². The smallest absolute Gasteiger partial charge is 0.274 e. The van der Waals surface area contributed by atoms with E-state index in [1.165, 1.54) is 18.3 Å². The predicted octanol–water partition coefficient (Wildman–Crippen LogP) is 4.84. The van der Waals surface area contributed by atoms with E-state index in [9.17, 15) is 29.3 Å². The van der Waals surface area contributed by atoms with Crippen molar-refractivity contribution < 1.29 is 24.1 Å². The fraction of sp³-hybridized carbons (Fsp3) is 0.306. The van der Waals surface area contributed by atoms with Crippen LogP contribution in [0.15, 0.2) is 84.0 Å². The lowest BCUT2D eigenvalue weighted by molar-refractivity contribution is -0.384. The van der Waals surface area contributed by atoms with Crippen LogP contribution in [0.5, 0.6) is 0 Å². The zero-order valence-corrected chi connectivity index (χ0v) is 25.4. The molecule has 47 heavy (non-hydrogen) atoms. The van der Waals surface area contributed by atoms with Gasteiger partial charge in [0.15, 0.2) is 0 Å². The molecule has 232 valence electrons. The van der Waals surface area contributed by atoms with Gasteiger partial charge in [0.2, 0.25) is 11.8 Å². The predicted molar refractivity (Wildman–Crippen MR) is 168 cm³/mol. The Morgan fingerprint density at radius 3 is 2.00 bits per heavy atom. The first kappa shape index (κ1) is 27.2. The van der Waals surface area contributed by atoms with Crippen LogP contribution in [0.3, 0.4) is 0 Å². The fourth-order valence-electron chi connectivity index (χ4n) is 10.3. The maximum atomic E-state index is 14.7. The number of allylic oxidation sites excluding steroid dienone is 2. The van der Waals surface area contributed by atoms with Crippen LogP contribution >= 0.6 is 11.6 Å². The van der Waals surface area contributed by atoms with Crippen LogP contribution in [0.25, 0.3) is 0 Å². The first-order chi connectivity index (χ1) is 22.7. The molecule has 2 aliphatic heterocycles. The third-order valence-corrected chi connectivity index (χ3v) is 12.3. The zero-order chi connectivity index (χ0) is 32.1. The molecule has 0 unspecified atom stereocenters. The van der Waals surface area contributed by atoms with Gasteiger partial charge in [0.05, 0.1) is 34.0 Å². The molecule has 9 aliphatic rings. The van der Waals surface area contributed by atoms with Crippen LogP contribution in [0.4, 0.5) is 11.4 Å². The average molecular weight is 645 g/mol. The second-order valence-corrected chi connectivity index (χ2v) is 14.3. The number of hydrazone groups is 1. The monoisotopic (exact) mass is 644 g/mol. The average Bonchev–Trinajstić information content (AvgIpc) is 3.81. The van der Waals surface area contributed by atoms with E-state index in [0.717, 1.165) is 44.6 Å². The van der Waals surface area contributed by atoms with Gasteiger partial charge >= 0.3 is 0 Å². The maximum absolute atomic E-state index is 14.7. The van der Waals surface area contributed by atoms with Crippen LogP contribution in [-0.4, -0.2) is 39.8 Å². The van der Waals surface area contributed by atoms with E-state index in [-0.39, 0.29) is 34.4 Å². The lowest BCUT2D eigenvalue weighted by atomic mass is 9.47. The maximum Gasteiger partial charge on any atom is 0.294 e. The zero-order valence-electron chi connectivity index (χ0n) is 24.6. The molecule has 0 N–H and O–H groups in total. The fourth-order valence-corrected chi connectivity index (χ4v) is 10.5. The SMILES string of the molecule is O=C1[C@@H]2[C@H]3C=C[C@@H]([C@@H]4C[C@H]34)[C@@H]2C(=O)N1/N=C\C12c3ccccc3C(c3ccccc31)[C@@H]1C(=O)N(c3ccc(Cl)cc3[N+](=O)[O-])C(=O)[C@@H]12. The molecule has 2 saturated carbocycles. The van der Waals surface area contributed by atoms with Crippen LogP contribution in [0.1, 0.15) is 34.6 Å². The number of hydrogen-bond acceptors (Lipinski definition) is 7. The van der Waals surface area contributed by atoms with Gasteiger partial charge in [-0.2, -0.15) is 10.1 Å². The van der Waals surface area contributed by atoms with Crippen LogP contribution in [0, 0.1) is 57.5 Å². The highest BCUT2D eigenvalue weighted by Crippen LogP contribution is 2.66. The minimum Gasteiger partial charge on any atom is -0.274 e. The molecule has 2 heterocycles. The normalized spacial score (nSPS) is 36.5.